The number of aromatic nitrogens is 1. The molecular weight excluding hydrogens is 244 g/mol. The van der Waals surface area contributed by atoms with Crippen LogP contribution in [0.2, 0.25) is 0 Å². The van der Waals surface area contributed by atoms with E-state index in [1.807, 2.05) is 19.3 Å². The Morgan fingerprint density at radius 1 is 1.20 bits per heavy atom. The predicted octanol–water partition coefficient (Wildman–Crippen LogP) is 4.57. The highest BCUT2D eigenvalue weighted by molar-refractivity contribution is 5.79. The number of fused-ring (bicyclic) bond motifs is 1. The van der Waals surface area contributed by atoms with Crippen molar-refractivity contribution in [3.63, 3.8) is 0 Å². The maximum absolute atomic E-state index is 4.39. The molecule has 0 aliphatic heterocycles. The average Bonchev–Trinajstić information content (AvgIpc) is 2.43. The van der Waals surface area contributed by atoms with Crippen LogP contribution < -0.4 is 5.32 Å². The number of hydrogen-bond donors (Lipinski definition) is 1. The lowest BCUT2D eigenvalue weighted by Gasteiger charge is -2.31. The molecule has 0 saturated carbocycles. The molecule has 2 unspecified atom stereocenters. The zero-order valence-electron chi connectivity index (χ0n) is 13.3. The van der Waals surface area contributed by atoms with Gasteiger partial charge in [-0.1, -0.05) is 39.8 Å². The van der Waals surface area contributed by atoms with Gasteiger partial charge in [-0.25, -0.2) is 0 Å². The highest BCUT2D eigenvalue weighted by Gasteiger charge is 2.23. The fourth-order valence-electron chi connectivity index (χ4n) is 2.44. The molecule has 0 aliphatic rings. The van der Waals surface area contributed by atoms with Crippen molar-refractivity contribution in [2.45, 2.75) is 40.2 Å². The van der Waals surface area contributed by atoms with E-state index in [2.05, 4.69) is 62.3 Å². The largest absolute Gasteiger partial charge is 0.313 e. The molecule has 2 nitrogen and oxygen atoms in total. The van der Waals surface area contributed by atoms with Crippen molar-refractivity contribution in [2.24, 2.45) is 11.3 Å². The molecule has 0 spiro atoms. The smallest absolute Gasteiger partial charge is 0.0702 e. The third-order valence-electron chi connectivity index (χ3n) is 4.45. The summed E-state index contributed by atoms with van der Waals surface area (Å²) in [5, 5.41) is 4.68. The minimum atomic E-state index is 0.341. The molecule has 0 amide bonds. The van der Waals surface area contributed by atoms with E-state index in [4.69, 9.17) is 0 Å². The minimum absolute atomic E-state index is 0.341. The lowest BCUT2D eigenvalue weighted by Crippen LogP contribution is -2.25. The molecule has 2 aromatic rings. The van der Waals surface area contributed by atoms with Gasteiger partial charge in [-0.05, 0) is 48.6 Å². The second kappa shape index (κ2) is 5.92. The standard InChI is InChI=1S/C18H26N2/c1-13(18(2,3)4)11-17(19-5)15-8-9-16-14(12-15)7-6-10-20-16/h6-10,12-13,17,19H,11H2,1-5H3. The summed E-state index contributed by atoms with van der Waals surface area (Å²) in [5.74, 6) is 0.657. The van der Waals surface area contributed by atoms with Gasteiger partial charge in [0.25, 0.3) is 0 Å². The van der Waals surface area contributed by atoms with Gasteiger partial charge in [0.2, 0.25) is 0 Å². The topological polar surface area (TPSA) is 24.9 Å². The van der Waals surface area contributed by atoms with Crippen LogP contribution in [-0.4, -0.2) is 12.0 Å². The maximum atomic E-state index is 4.39. The Hall–Kier alpha value is -1.41. The Morgan fingerprint density at radius 3 is 2.60 bits per heavy atom. The second-order valence-electron chi connectivity index (χ2n) is 6.80. The normalized spacial score (nSPS) is 15.2. The monoisotopic (exact) mass is 270 g/mol. The van der Waals surface area contributed by atoms with Gasteiger partial charge in [0.15, 0.2) is 0 Å². The van der Waals surface area contributed by atoms with Crippen LogP contribution in [-0.2, 0) is 0 Å². The number of nitrogens with zero attached hydrogens (tertiary/aromatic N) is 1. The molecule has 2 atom stereocenters. The van der Waals surface area contributed by atoms with Crippen LogP contribution in [0.15, 0.2) is 36.5 Å². The quantitative estimate of drug-likeness (QED) is 0.880. The van der Waals surface area contributed by atoms with Crippen LogP contribution in [0.1, 0.15) is 45.7 Å². The molecule has 0 saturated heterocycles. The summed E-state index contributed by atoms with van der Waals surface area (Å²) in [6, 6.07) is 11.1. The van der Waals surface area contributed by atoms with Gasteiger partial charge in [-0.15, -0.1) is 0 Å². The SMILES string of the molecule is CNC(CC(C)C(C)(C)C)c1ccc2ncccc2c1. The van der Waals surface area contributed by atoms with Gasteiger partial charge < -0.3 is 5.32 Å². The molecule has 0 radical (unpaired) electrons. The van der Waals surface area contributed by atoms with E-state index in [9.17, 15) is 0 Å². The summed E-state index contributed by atoms with van der Waals surface area (Å²) in [6.07, 6.45) is 2.99. The summed E-state index contributed by atoms with van der Waals surface area (Å²) in [6.45, 7) is 9.28. The minimum Gasteiger partial charge on any atom is -0.313 e. The van der Waals surface area contributed by atoms with Crippen LogP contribution in [0.25, 0.3) is 10.9 Å². The van der Waals surface area contributed by atoms with Crippen LogP contribution in [0.4, 0.5) is 0 Å². The van der Waals surface area contributed by atoms with Crippen molar-refractivity contribution in [3.05, 3.63) is 42.1 Å². The van der Waals surface area contributed by atoms with E-state index >= 15 is 0 Å². The van der Waals surface area contributed by atoms with Crippen LogP contribution in [0.3, 0.4) is 0 Å². The average molecular weight is 270 g/mol. The first-order chi connectivity index (χ1) is 9.41. The van der Waals surface area contributed by atoms with Gasteiger partial charge in [-0.2, -0.15) is 0 Å². The summed E-state index contributed by atoms with van der Waals surface area (Å²) in [5.41, 5.74) is 2.76. The number of hydrogen-bond acceptors (Lipinski definition) is 2. The van der Waals surface area contributed by atoms with Crippen LogP contribution in [0, 0.1) is 11.3 Å². The molecule has 108 valence electrons. The zero-order valence-corrected chi connectivity index (χ0v) is 13.3. The fraction of sp³-hybridized carbons (Fsp3) is 0.500. The molecule has 0 fully saturated rings. The van der Waals surface area contributed by atoms with Crippen molar-refractivity contribution in [1.29, 1.82) is 0 Å². The Labute approximate surface area is 122 Å². The molecule has 20 heavy (non-hydrogen) atoms. The Morgan fingerprint density at radius 2 is 1.95 bits per heavy atom. The van der Waals surface area contributed by atoms with Crippen LogP contribution >= 0.6 is 0 Å². The van der Waals surface area contributed by atoms with Gasteiger partial charge >= 0.3 is 0 Å². The zero-order chi connectivity index (χ0) is 14.8. The third kappa shape index (κ3) is 3.37. The van der Waals surface area contributed by atoms with Gasteiger partial charge in [-0.3, -0.25) is 4.98 Å². The van der Waals surface area contributed by atoms with E-state index in [1.54, 1.807) is 0 Å². The summed E-state index contributed by atoms with van der Waals surface area (Å²) in [7, 11) is 2.05. The Bertz CT molecular complexity index is 569. The molecule has 1 aromatic heterocycles. The van der Waals surface area contributed by atoms with Gasteiger partial charge in [0.1, 0.15) is 0 Å². The summed E-state index contributed by atoms with van der Waals surface area (Å²) in [4.78, 5) is 4.39. The second-order valence-corrected chi connectivity index (χ2v) is 6.80. The highest BCUT2D eigenvalue weighted by Crippen LogP contribution is 2.33. The number of benzene rings is 1. The lowest BCUT2D eigenvalue weighted by atomic mass is 9.77. The number of nitrogens with one attached hydrogen (secondary N) is 1. The molecule has 2 heteroatoms. The molecule has 1 heterocycles. The van der Waals surface area contributed by atoms with Crippen molar-refractivity contribution in [3.8, 4) is 0 Å². The first-order valence-electron chi connectivity index (χ1n) is 7.44. The van der Waals surface area contributed by atoms with Crippen molar-refractivity contribution >= 4 is 10.9 Å². The lowest BCUT2D eigenvalue weighted by molar-refractivity contribution is 0.226. The molecular formula is C18H26N2. The van der Waals surface area contributed by atoms with Crippen molar-refractivity contribution < 1.29 is 0 Å². The molecule has 1 N–H and O–H groups in total. The van der Waals surface area contributed by atoms with E-state index in [0.29, 0.717) is 17.4 Å². The maximum Gasteiger partial charge on any atom is 0.0702 e. The first-order valence-corrected chi connectivity index (χ1v) is 7.44. The van der Waals surface area contributed by atoms with E-state index < -0.39 is 0 Å². The number of rotatable bonds is 4. The highest BCUT2D eigenvalue weighted by atomic mass is 14.9. The molecule has 1 aromatic carbocycles. The van der Waals surface area contributed by atoms with Gasteiger partial charge in [0, 0.05) is 17.6 Å². The summed E-state index contributed by atoms with van der Waals surface area (Å²) < 4.78 is 0. The molecule has 2 rings (SSSR count). The first kappa shape index (κ1) is 15.0. The van der Waals surface area contributed by atoms with E-state index in [0.717, 1.165) is 11.9 Å². The fourth-order valence-corrected chi connectivity index (χ4v) is 2.44. The predicted molar refractivity (Wildman–Crippen MR) is 86.8 cm³/mol. The van der Waals surface area contributed by atoms with E-state index in [-0.39, 0.29) is 0 Å². The van der Waals surface area contributed by atoms with Gasteiger partial charge in [0.05, 0.1) is 5.52 Å². The molecule has 0 bridgehead atoms. The van der Waals surface area contributed by atoms with E-state index in [1.165, 1.54) is 10.9 Å². The Kier molecular flexibility index (Phi) is 4.44. The van der Waals surface area contributed by atoms with Crippen LogP contribution in [0.5, 0.6) is 0 Å². The third-order valence-corrected chi connectivity index (χ3v) is 4.45. The van der Waals surface area contributed by atoms with Crippen molar-refractivity contribution in [2.75, 3.05) is 7.05 Å². The summed E-state index contributed by atoms with van der Waals surface area (Å²) >= 11 is 0. The number of pyridine rings is 1. The molecule has 0 aliphatic carbocycles. The Balaban J connectivity index is 2.25. The van der Waals surface area contributed by atoms with Crippen molar-refractivity contribution in [1.82, 2.24) is 10.3 Å².